The lowest BCUT2D eigenvalue weighted by Crippen LogP contribution is -2.39. The zero-order chi connectivity index (χ0) is 17.7. The highest BCUT2D eigenvalue weighted by Crippen LogP contribution is 2.37. The third-order valence-corrected chi connectivity index (χ3v) is 6.12. The Balaban J connectivity index is 1.60. The molecule has 1 heterocycles. The molecule has 0 aromatic heterocycles. The van der Waals surface area contributed by atoms with Crippen molar-refractivity contribution in [3.8, 4) is 11.5 Å². The van der Waals surface area contributed by atoms with E-state index in [0.29, 0.717) is 31.8 Å². The fourth-order valence-electron chi connectivity index (χ4n) is 2.65. The van der Waals surface area contributed by atoms with Crippen molar-refractivity contribution in [3.05, 3.63) is 53.0 Å². The van der Waals surface area contributed by atoms with Gasteiger partial charge in [-0.2, -0.15) is 0 Å². The van der Waals surface area contributed by atoms with Gasteiger partial charge < -0.3 is 14.6 Å². The summed E-state index contributed by atoms with van der Waals surface area (Å²) in [5.41, 5.74) is -0.685. The van der Waals surface area contributed by atoms with Crippen LogP contribution in [0.15, 0.2) is 57.9 Å². The number of carboxylic acids is 1. The number of benzene rings is 2. The van der Waals surface area contributed by atoms with Gasteiger partial charge in [0.1, 0.15) is 11.5 Å². The van der Waals surface area contributed by atoms with Crippen LogP contribution >= 0.6 is 27.7 Å². The summed E-state index contributed by atoms with van der Waals surface area (Å²) in [4.78, 5) is 12.7. The van der Waals surface area contributed by atoms with Crippen LogP contribution in [0.5, 0.6) is 11.5 Å². The topological polar surface area (TPSA) is 55.8 Å². The quantitative estimate of drug-likeness (QED) is 0.646. The number of halogens is 1. The molecule has 0 aliphatic carbocycles. The second-order valence-electron chi connectivity index (χ2n) is 6.01. The van der Waals surface area contributed by atoms with Gasteiger partial charge in [-0.25, -0.2) is 0 Å². The third kappa shape index (κ3) is 4.77. The standard InChI is InChI=1S/C19H19BrO4S/c20-14-1-3-15(4-2-14)24-16-5-7-17(8-6-16)25-13-19(18(21)22)9-11-23-12-10-19/h1-8H,9-13H2,(H,21,22). The van der Waals surface area contributed by atoms with Crippen LogP contribution in [0.3, 0.4) is 0 Å². The summed E-state index contributed by atoms with van der Waals surface area (Å²) >= 11 is 4.97. The Labute approximate surface area is 159 Å². The van der Waals surface area contributed by atoms with E-state index in [4.69, 9.17) is 9.47 Å². The second-order valence-corrected chi connectivity index (χ2v) is 7.98. The maximum absolute atomic E-state index is 11.7. The SMILES string of the molecule is O=C(O)C1(CSc2ccc(Oc3ccc(Br)cc3)cc2)CCOCC1. The summed E-state index contributed by atoms with van der Waals surface area (Å²) in [5, 5.41) is 9.60. The van der Waals surface area contributed by atoms with Gasteiger partial charge in [0.05, 0.1) is 5.41 Å². The molecule has 6 heteroatoms. The number of carbonyl (C=O) groups is 1. The summed E-state index contributed by atoms with van der Waals surface area (Å²) in [5.74, 6) is 1.36. The minimum Gasteiger partial charge on any atom is -0.481 e. The van der Waals surface area contributed by atoms with Crippen LogP contribution in [0.1, 0.15) is 12.8 Å². The third-order valence-electron chi connectivity index (χ3n) is 4.29. The monoisotopic (exact) mass is 422 g/mol. The molecule has 0 spiro atoms. The summed E-state index contributed by atoms with van der Waals surface area (Å²) in [7, 11) is 0. The average molecular weight is 423 g/mol. The van der Waals surface area contributed by atoms with Crippen LogP contribution < -0.4 is 4.74 Å². The lowest BCUT2D eigenvalue weighted by Gasteiger charge is -2.32. The molecule has 0 radical (unpaired) electrons. The largest absolute Gasteiger partial charge is 0.481 e. The van der Waals surface area contributed by atoms with E-state index in [1.165, 1.54) is 0 Å². The highest BCUT2D eigenvalue weighted by atomic mass is 79.9. The van der Waals surface area contributed by atoms with Gasteiger partial charge >= 0.3 is 5.97 Å². The van der Waals surface area contributed by atoms with Crippen molar-refractivity contribution < 1.29 is 19.4 Å². The number of ether oxygens (including phenoxy) is 2. The zero-order valence-corrected chi connectivity index (χ0v) is 16.0. The Kier molecular flexibility index (Phi) is 6.04. The van der Waals surface area contributed by atoms with Crippen molar-refractivity contribution in [1.29, 1.82) is 0 Å². The van der Waals surface area contributed by atoms with Gasteiger partial charge in [-0.1, -0.05) is 15.9 Å². The highest BCUT2D eigenvalue weighted by Gasteiger charge is 2.40. The minimum absolute atomic E-state index is 0.521. The van der Waals surface area contributed by atoms with Crippen molar-refractivity contribution in [2.45, 2.75) is 17.7 Å². The van der Waals surface area contributed by atoms with Crippen molar-refractivity contribution in [2.24, 2.45) is 5.41 Å². The Morgan fingerprint density at radius 2 is 1.64 bits per heavy atom. The van der Waals surface area contributed by atoms with E-state index in [9.17, 15) is 9.90 Å². The van der Waals surface area contributed by atoms with E-state index >= 15 is 0 Å². The highest BCUT2D eigenvalue weighted by molar-refractivity contribution is 9.10. The number of hydrogen-bond acceptors (Lipinski definition) is 4. The molecule has 3 rings (SSSR count). The Morgan fingerprint density at radius 3 is 2.20 bits per heavy atom. The first kappa shape index (κ1) is 18.3. The van der Waals surface area contributed by atoms with Crippen LogP contribution in [0.2, 0.25) is 0 Å². The molecule has 1 fully saturated rings. The molecule has 0 bridgehead atoms. The van der Waals surface area contributed by atoms with Gasteiger partial charge in [0.15, 0.2) is 0 Å². The van der Waals surface area contributed by atoms with E-state index in [0.717, 1.165) is 20.9 Å². The van der Waals surface area contributed by atoms with E-state index < -0.39 is 11.4 Å². The lowest BCUT2D eigenvalue weighted by atomic mass is 9.82. The molecule has 4 nitrogen and oxygen atoms in total. The van der Waals surface area contributed by atoms with E-state index in [2.05, 4.69) is 15.9 Å². The Bertz CT molecular complexity index is 709. The summed E-state index contributed by atoms with van der Waals surface area (Å²) in [6.07, 6.45) is 1.14. The normalized spacial score (nSPS) is 16.4. The first-order valence-electron chi connectivity index (χ1n) is 8.05. The Hall–Kier alpha value is -1.50. The van der Waals surface area contributed by atoms with E-state index in [1.807, 2.05) is 48.5 Å². The van der Waals surface area contributed by atoms with Crippen molar-refractivity contribution in [2.75, 3.05) is 19.0 Å². The molecule has 1 aliphatic heterocycles. The number of rotatable bonds is 6. The minimum atomic E-state index is -0.724. The van der Waals surface area contributed by atoms with Gasteiger partial charge in [-0.15, -0.1) is 11.8 Å². The number of thioether (sulfide) groups is 1. The van der Waals surface area contributed by atoms with Crippen molar-refractivity contribution in [3.63, 3.8) is 0 Å². The van der Waals surface area contributed by atoms with Crippen molar-refractivity contribution >= 4 is 33.7 Å². The molecular formula is C19H19BrO4S. The number of hydrogen-bond donors (Lipinski definition) is 1. The first-order valence-corrected chi connectivity index (χ1v) is 9.83. The molecule has 0 unspecified atom stereocenters. The van der Waals surface area contributed by atoms with Gasteiger partial charge in [0, 0.05) is 28.3 Å². The first-order chi connectivity index (χ1) is 12.1. The predicted octanol–water partition coefficient (Wildman–Crippen LogP) is 5.21. The predicted molar refractivity (Wildman–Crippen MR) is 102 cm³/mol. The molecular weight excluding hydrogens is 404 g/mol. The molecule has 2 aromatic carbocycles. The summed E-state index contributed by atoms with van der Waals surface area (Å²) in [6.45, 7) is 1.04. The molecule has 0 saturated carbocycles. The van der Waals surface area contributed by atoms with Gasteiger partial charge in [-0.3, -0.25) is 4.79 Å². The van der Waals surface area contributed by atoms with Crippen LogP contribution in [0, 0.1) is 5.41 Å². The number of carboxylic acid groups (broad SMARTS) is 1. The summed E-state index contributed by atoms with van der Waals surface area (Å²) in [6, 6.07) is 15.4. The second kappa shape index (κ2) is 8.25. The molecule has 2 aromatic rings. The molecule has 25 heavy (non-hydrogen) atoms. The van der Waals surface area contributed by atoms with Crippen LogP contribution in [-0.2, 0) is 9.53 Å². The van der Waals surface area contributed by atoms with E-state index in [1.54, 1.807) is 11.8 Å². The van der Waals surface area contributed by atoms with Gasteiger partial charge in [0.2, 0.25) is 0 Å². The van der Waals surface area contributed by atoms with Crippen molar-refractivity contribution in [1.82, 2.24) is 0 Å². The molecule has 0 amide bonds. The molecule has 0 atom stereocenters. The zero-order valence-electron chi connectivity index (χ0n) is 13.6. The Morgan fingerprint density at radius 1 is 1.08 bits per heavy atom. The maximum atomic E-state index is 11.7. The van der Waals surface area contributed by atoms with Gasteiger partial charge in [0.25, 0.3) is 0 Å². The summed E-state index contributed by atoms with van der Waals surface area (Å²) < 4.78 is 12.1. The average Bonchev–Trinajstić information content (AvgIpc) is 2.64. The fraction of sp³-hybridized carbons (Fsp3) is 0.316. The number of aliphatic carboxylic acids is 1. The van der Waals surface area contributed by atoms with Gasteiger partial charge in [-0.05, 0) is 61.4 Å². The molecule has 132 valence electrons. The van der Waals surface area contributed by atoms with Crippen LogP contribution in [-0.4, -0.2) is 30.0 Å². The molecule has 1 N–H and O–H groups in total. The van der Waals surface area contributed by atoms with E-state index in [-0.39, 0.29) is 0 Å². The van der Waals surface area contributed by atoms with Crippen LogP contribution in [0.4, 0.5) is 0 Å². The smallest absolute Gasteiger partial charge is 0.310 e. The molecule has 1 aliphatic rings. The lowest BCUT2D eigenvalue weighted by molar-refractivity contribution is -0.152. The van der Waals surface area contributed by atoms with Crippen LogP contribution in [0.25, 0.3) is 0 Å². The maximum Gasteiger partial charge on any atom is 0.310 e. The molecule has 1 saturated heterocycles. The fourth-order valence-corrected chi connectivity index (χ4v) is 4.09.